The maximum atomic E-state index is 5.71. The molecule has 0 radical (unpaired) electrons. The van der Waals surface area contributed by atoms with Crippen LogP contribution in [0.1, 0.15) is 6.92 Å². The molecule has 0 saturated heterocycles. The fourth-order valence-corrected chi connectivity index (χ4v) is 0.980. The molecule has 14 heavy (non-hydrogen) atoms. The number of aliphatic imine (C=N–C) groups is 2. The summed E-state index contributed by atoms with van der Waals surface area (Å²) in [6.07, 6.45) is 0. The summed E-state index contributed by atoms with van der Waals surface area (Å²) in [5.41, 5.74) is 11.5. The third kappa shape index (κ3) is 3.45. The molecule has 0 heterocycles. The molecule has 0 aliphatic heterocycles. The molecule has 0 fully saturated rings. The lowest BCUT2D eigenvalue weighted by atomic mass is 10.3. The fraction of sp³-hybridized carbons (Fsp3) is 0.111. The van der Waals surface area contributed by atoms with Gasteiger partial charge in [-0.05, 0) is 31.2 Å². The van der Waals surface area contributed by atoms with Gasteiger partial charge in [0.15, 0.2) is 0 Å². The summed E-state index contributed by atoms with van der Waals surface area (Å²) in [7, 11) is 0. The molecule has 74 valence electrons. The Morgan fingerprint density at radius 1 is 1.21 bits per heavy atom. The molecule has 1 rings (SSSR count). The predicted octanol–water partition coefficient (Wildman–Crippen LogP) is 1.66. The van der Waals surface area contributed by atoms with Crippen LogP contribution in [0.2, 0.25) is 5.02 Å². The zero-order chi connectivity index (χ0) is 10.6. The molecule has 5 heteroatoms. The second-order valence-corrected chi connectivity index (χ2v) is 3.14. The van der Waals surface area contributed by atoms with Crippen molar-refractivity contribution in [2.75, 3.05) is 0 Å². The Kier molecular flexibility index (Phi) is 3.48. The zero-order valence-electron chi connectivity index (χ0n) is 7.74. The van der Waals surface area contributed by atoms with Crippen LogP contribution in [-0.4, -0.2) is 11.8 Å². The van der Waals surface area contributed by atoms with Gasteiger partial charge in [0.2, 0.25) is 5.96 Å². The molecule has 0 spiro atoms. The average molecular weight is 211 g/mol. The molecule has 1 aromatic rings. The molecule has 4 N–H and O–H groups in total. The summed E-state index contributed by atoms with van der Waals surface area (Å²) in [5, 5.41) is 0.654. The molecule has 0 saturated carbocycles. The minimum Gasteiger partial charge on any atom is -0.387 e. The van der Waals surface area contributed by atoms with E-state index in [9.17, 15) is 0 Å². The quantitative estimate of drug-likeness (QED) is 0.546. The van der Waals surface area contributed by atoms with Crippen molar-refractivity contribution in [1.29, 1.82) is 0 Å². The number of guanidine groups is 1. The normalized spacial score (nSPS) is 13.0. The van der Waals surface area contributed by atoms with Gasteiger partial charge in [-0.1, -0.05) is 11.6 Å². The van der Waals surface area contributed by atoms with Crippen molar-refractivity contribution >= 4 is 29.1 Å². The van der Waals surface area contributed by atoms with Gasteiger partial charge in [-0.25, -0.2) is 9.98 Å². The average Bonchev–Trinajstić information content (AvgIpc) is 2.07. The van der Waals surface area contributed by atoms with E-state index in [4.69, 9.17) is 23.1 Å². The first-order valence-corrected chi connectivity index (χ1v) is 4.36. The van der Waals surface area contributed by atoms with Crippen LogP contribution in [0.3, 0.4) is 0 Å². The van der Waals surface area contributed by atoms with E-state index in [0.717, 1.165) is 0 Å². The highest BCUT2D eigenvalue weighted by Crippen LogP contribution is 2.15. The van der Waals surface area contributed by atoms with Gasteiger partial charge < -0.3 is 11.5 Å². The smallest absolute Gasteiger partial charge is 0.222 e. The number of hydrogen-bond donors (Lipinski definition) is 2. The molecule has 0 unspecified atom stereocenters. The summed E-state index contributed by atoms with van der Waals surface area (Å²) in [4.78, 5) is 7.79. The van der Waals surface area contributed by atoms with Gasteiger partial charge in [-0.2, -0.15) is 0 Å². The zero-order valence-corrected chi connectivity index (χ0v) is 8.49. The van der Waals surface area contributed by atoms with Crippen molar-refractivity contribution in [3.63, 3.8) is 0 Å². The monoisotopic (exact) mass is 210 g/mol. The Morgan fingerprint density at radius 2 is 1.79 bits per heavy atom. The van der Waals surface area contributed by atoms with E-state index in [0.29, 0.717) is 16.5 Å². The molecule has 0 bridgehead atoms. The summed E-state index contributed by atoms with van der Waals surface area (Å²) >= 11 is 5.71. The minimum absolute atomic E-state index is 0.132. The highest BCUT2D eigenvalue weighted by molar-refractivity contribution is 6.30. The third-order valence-corrected chi connectivity index (χ3v) is 1.61. The van der Waals surface area contributed by atoms with Crippen LogP contribution in [0.25, 0.3) is 0 Å². The van der Waals surface area contributed by atoms with E-state index in [-0.39, 0.29) is 5.96 Å². The Morgan fingerprint density at radius 3 is 2.29 bits per heavy atom. The van der Waals surface area contributed by atoms with Gasteiger partial charge in [-0.15, -0.1) is 0 Å². The Labute approximate surface area is 87.3 Å². The molecular weight excluding hydrogens is 200 g/mol. The summed E-state index contributed by atoms with van der Waals surface area (Å²) < 4.78 is 0. The van der Waals surface area contributed by atoms with Crippen LogP contribution in [-0.2, 0) is 0 Å². The fourth-order valence-electron chi connectivity index (χ4n) is 0.854. The second kappa shape index (κ2) is 4.62. The van der Waals surface area contributed by atoms with Gasteiger partial charge in [0.05, 0.1) is 11.5 Å². The summed E-state index contributed by atoms with van der Waals surface area (Å²) in [6.45, 7) is 1.64. The lowest BCUT2D eigenvalue weighted by Gasteiger charge is -1.95. The van der Waals surface area contributed by atoms with Crippen LogP contribution in [0.5, 0.6) is 0 Å². The molecule has 0 aromatic heterocycles. The summed E-state index contributed by atoms with van der Waals surface area (Å²) in [6, 6.07) is 6.95. The molecule has 0 aliphatic rings. The number of hydrogen-bond acceptors (Lipinski definition) is 1. The Bertz CT molecular complexity index is 363. The molecule has 0 aliphatic carbocycles. The first-order chi connectivity index (χ1) is 6.58. The van der Waals surface area contributed by atoms with E-state index >= 15 is 0 Å². The van der Waals surface area contributed by atoms with Gasteiger partial charge >= 0.3 is 0 Å². The van der Waals surface area contributed by atoms with Gasteiger partial charge in [0.25, 0.3) is 0 Å². The third-order valence-electron chi connectivity index (χ3n) is 1.36. The molecule has 4 nitrogen and oxygen atoms in total. The number of nitrogens with two attached hydrogens (primary N) is 2. The van der Waals surface area contributed by atoms with Crippen LogP contribution in [0.15, 0.2) is 34.3 Å². The van der Waals surface area contributed by atoms with Gasteiger partial charge in [0, 0.05) is 5.02 Å². The van der Waals surface area contributed by atoms with Crippen LogP contribution in [0, 0.1) is 0 Å². The van der Waals surface area contributed by atoms with E-state index in [1.807, 2.05) is 0 Å². The lowest BCUT2D eigenvalue weighted by Crippen LogP contribution is -2.15. The topological polar surface area (TPSA) is 76.8 Å². The lowest BCUT2D eigenvalue weighted by molar-refractivity contribution is 1.39. The second-order valence-electron chi connectivity index (χ2n) is 2.70. The predicted molar refractivity (Wildman–Crippen MR) is 60.0 cm³/mol. The Balaban J connectivity index is 2.87. The minimum atomic E-state index is 0.132. The van der Waals surface area contributed by atoms with Crippen LogP contribution in [0.4, 0.5) is 5.69 Å². The largest absolute Gasteiger partial charge is 0.387 e. The highest BCUT2D eigenvalue weighted by Gasteiger charge is 1.92. The van der Waals surface area contributed by atoms with E-state index in [2.05, 4.69) is 9.98 Å². The van der Waals surface area contributed by atoms with Crippen molar-refractivity contribution < 1.29 is 0 Å². The number of amidine groups is 1. The van der Waals surface area contributed by atoms with Crippen LogP contribution >= 0.6 is 11.6 Å². The van der Waals surface area contributed by atoms with Crippen molar-refractivity contribution in [3.8, 4) is 0 Å². The molecule has 0 atom stereocenters. The maximum Gasteiger partial charge on any atom is 0.222 e. The van der Waals surface area contributed by atoms with Gasteiger partial charge in [-0.3, -0.25) is 0 Å². The van der Waals surface area contributed by atoms with Gasteiger partial charge in [0.1, 0.15) is 0 Å². The number of halogens is 1. The first-order valence-electron chi connectivity index (χ1n) is 3.98. The molecule has 1 aromatic carbocycles. The number of nitrogens with zero attached hydrogens (tertiary/aromatic N) is 2. The van der Waals surface area contributed by atoms with Crippen molar-refractivity contribution in [2.45, 2.75) is 6.92 Å². The van der Waals surface area contributed by atoms with Crippen molar-refractivity contribution in [2.24, 2.45) is 21.5 Å². The van der Waals surface area contributed by atoms with E-state index in [1.165, 1.54) is 0 Å². The number of rotatable bonds is 1. The number of benzene rings is 1. The van der Waals surface area contributed by atoms with Crippen molar-refractivity contribution in [1.82, 2.24) is 0 Å². The molecular formula is C9H11ClN4. The standard InChI is InChI=1S/C9H11ClN4/c1-6(11)13-9(12)14-8-4-2-7(10)3-5-8/h2-5H,1H3,(H4,11,12,13,14). The Hall–Kier alpha value is -1.55. The summed E-state index contributed by atoms with van der Waals surface area (Å²) in [5.74, 6) is 0.507. The molecule has 0 amide bonds. The SMILES string of the molecule is CC(N)=NC(N)=Nc1ccc(Cl)cc1. The maximum absolute atomic E-state index is 5.71. The first kappa shape index (κ1) is 10.5. The highest BCUT2D eigenvalue weighted by atomic mass is 35.5. The van der Waals surface area contributed by atoms with E-state index < -0.39 is 0 Å². The van der Waals surface area contributed by atoms with Crippen molar-refractivity contribution in [3.05, 3.63) is 29.3 Å². The van der Waals surface area contributed by atoms with Crippen LogP contribution < -0.4 is 11.5 Å². The van der Waals surface area contributed by atoms with E-state index in [1.54, 1.807) is 31.2 Å².